The number of allylic oxidation sites excluding steroid dienone is 2. The molecule has 0 spiro atoms. The molecule has 0 aromatic heterocycles. The summed E-state index contributed by atoms with van der Waals surface area (Å²) in [6, 6.07) is 7.28. The van der Waals surface area contributed by atoms with Crippen molar-refractivity contribution in [3.8, 4) is 0 Å². The quantitative estimate of drug-likeness (QED) is 0.665. The summed E-state index contributed by atoms with van der Waals surface area (Å²) in [5.41, 5.74) is 6.95. The molecule has 1 saturated carbocycles. The molecule has 0 radical (unpaired) electrons. The van der Waals surface area contributed by atoms with Crippen molar-refractivity contribution in [2.75, 3.05) is 0 Å². The van der Waals surface area contributed by atoms with E-state index in [4.69, 9.17) is 0 Å². The van der Waals surface area contributed by atoms with Crippen LogP contribution in [-0.4, -0.2) is 0 Å². The zero-order chi connectivity index (χ0) is 17.1. The fraction of sp³-hybridized carbons (Fsp3) is 0.565. The van der Waals surface area contributed by atoms with Crippen molar-refractivity contribution in [3.63, 3.8) is 0 Å². The molecule has 1 aliphatic heterocycles. The predicted octanol–water partition coefficient (Wildman–Crippen LogP) is 6.11. The lowest BCUT2D eigenvalue weighted by Gasteiger charge is -2.28. The summed E-state index contributed by atoms with van der Waals surface area (Å²) < 4.78 is 0. The summed E-state index contributed by atoms with van der Waals surface area (Å²) in [4.78, 5) is 0. The van der Waals surface area contributed by atoms with Crippen LogP contribution in [0.4, 0.5) is 0 Å². The third kappa shape index (κ3) is 4.12. The Morgan fingerprint density at radius 2 is 1.96 bits per heavy atom. The molecule has 1 aliphatic carbocycles. The first-order chi connectivity index (χ1) is 11.5. The summed E-state index contributed by atoms with van der Waals surface area (Å²) in [6.45, 7) is 12.9. The molecule has 1 unspecified atom stereocenters. The lowest BCUT2D eigenvalue weighted by Crippen LogP contribution is -2.25. The summed E-state index contributed by atoms with van der Waals surface area (Å²) >= 11 is 0. The Morgan fingerprint density at radius 3 is 2.58 bits per heavy atom. The maximum absolute atomic E-state index is 4.22. The van der Waals surface area contributed by atoms with Gasteiger partial charge in [-0.25, -0.2) is 0 Å². The Labute approximate surface area is 148 Å². The average Bonchev–Trinajstić information content (AvgIpc) is 2.50. The number of piperidine rings is 1. The number of benzene rings is 1. The highest BCUT2D eigenvalue weighted by atomic mass is 14.9. The molecule has 1 saturated heterocycles. The molecule has 1 aromatic carbocycles. The van der Waals surface area contributed by atoms with Crippen LogP contribution in [0, 0.1) is 11.8 Å². The van der Waals surface area contributed by atoms with Gasteiger partial charge in [-0.1, -0.05) is 64.5 Å². The smallest absolute Gasteiger partial charge is 0.0107 e. The molecule has 2 fully saturated rings. The van der Waals surface area contributed by atoms with Crippen molar-refractivity contribution in [1.82, 2.24) is 5.32 Å². The third-order valence-electron chi connectivity index (χ3n) is 5.97. The molecule has 1 atom stereocenters. The topological polar surface area (TPSA) is 12.0 Å². The van der Waals surface area contributed by atoms with Crippen LogP contribution in [0.15, 0.2) is 42.8 Å². The molecule has 1 heteroatoms. The Balaban J connectivity index is 1.68. The highest BCUT2D eigenvalue weighted by Gasteiger charge is 2.21. The van der Waals surface area contributed by atoms with E-state index in [2.05, 4.69) is 50.5 Å². The van der Waals surface area contributed by atoms with E-state index in [1.165, 1.54) is 56.2 Å². The molecule has 1 aromatic rings. The molecule has 1 N–H and O–H groups in total. The number of hydrogen-bond acceptors (Lipinski definition) is 1. The maximum Gasteiger partial charge on any atom is 0.0107 e. The molecular weight excluding hydrogens is 290 g/mol. The van der Waals surface area contributed by atoms with Gasteiger partial charge in [-0.05, 0) is 66.5 Å². The van der Waals surface area contributed by atoms with Gasteiger partial charge in [-0.15, -0.1) is 0 Å². The van der Waals surface area contributed by atoms with Crippen LogP contribution in [0.25, 0.3) is 0 Å². The van der Waals surface area contributed by atoms with Gasteiger partial charge >= 0.3 is 0 Å². The zero-order valence-electron chi connectivity index (χ0n) is 15.5. The van der Waals surface area contributed by atoms with Crippen molar-refractivity contribution >= 4 is 0 Å². The van der Waals surface area contributed by atoms with E-state index in [9.17, 15) is 0 Å². The lowest BCUT2D eigenvalue weighted by molar-refractivity contribution is 0.314. The van der Waals surface area contributed by atoms with E-state index in [1.807, 2.05) is 0 Å². The molecule has 24 heavy (non-hydrogen) atoms. The van der Waals surface area contributed by atoms with E-state index in [0.29, 0.717) is 11.8 Å². The molecule has 1 nitrogen and oxygen atoms in total. The maximum atomic E-state index is 4.22. The van der Waals surface area contributed by atoms with Gasteiger partial charge in [0.25, 0.3) is 0 Å². The van der Waals surface area contributed by atoms with Crippen LogP contribution in [0.2, 0.25) is 0 Å². The number of aryl methyl sites for hydroxylation is 1. The monoisotopic (exact) mass is 323 g/mol. The number of rotatable bonds is 6. The van der Waals surface area contributed by atoms with Gasteiger partial charge in [0.05, 0.1) is 0 Å². The minimum atomic E-state index is 0.589. The first-order valence-corrected chi connectivity index (χ1v) is 9.78. The van der Waals surface area contributed by atoms with E-state index in [0.717, 1.165) is 18.0 Å². The van der Waals surface area contributed by atoms with Crippen LogP contribution in [0.3, 0.4) is 0 Å². The van der Waals surface area contributed by atoms with Gasteiger partial charge in [0.2, 0.25) is 0 Å². The van der Waals surface area contributed by atoms with Gasteiger partial charge in [-0.2, -0.15) is 0 Å². The summed E-state index contributed by atoms with van der Waals surface area (Å²) in [5.74, 6) is 2.13. The van der Waals surface area contributed by atoms with Gasteiger partial charge < -0.3 is 5.32 Å². The number of hydrogen-bond donors (Lipinski definition) is 1. The van der Waals surface area contributed by atoms with Crippen LogP contribution in [-0.2, 0) is 12.8 Å². The predicted molar refractivity (Wildman–Crippen MR) is 104 cm³/mol. The first kappa shape index (κ1) is 17.3. The van der Waals surface area contributed by atoms with E-state index in [-0.39, 0.29) is 0 Å². The minimum Gasteiger partial charge on any atom is -0.363 e. The van der Waals surface area contributed by atoms with E-state index >= 15 is 0 Å². The van der Waals surface area contributed by atoms with Gasteiger partial charge in [0.1, 0.15) is 0 Å². The van der Waals surface area contributed by atoms with Gasteiger partial charge in [0.15, 0.2) is 0 Å². The van der Waals surface area contributed by atoms with Crippen molar-refractivity contribution in [3.05, 3.63) is 59.4 Å². The van der Waals surface area contributed by atoms with Crippen molar-refractivity contribution in [2.45, 2.75) is 71.1 Å². The molecule has 1 heterocycles. The largest absolute Gasteiger partial charge is 0.363 e. The highest BCUT2D eigenvalue weighted by Crippen LogP contribution is 2.32. The normalized spacial score (nSPS) is 21.7. The fourth-order valence-electron chi connectivity index (χ4n) is 4.16. The first-order valence-electron chi connectivity index (χ1n) is 9.78. The minimum absolute atomic E-state index is 0.589. The van der Waals surface area contributed by atoms with Crippen LogP contribution >= 0.6 is 0 Å². The van der Waals surface area contributed by atoms with Crippen LogP contribution < -0.4 is 5.32 Å². The Morgan fingerprint density at radius 1 is 1.17 bits per heavy atom. The zero-order valence-corrected chi connectivity index (χ0v) is 15.5. The van der Waals surface area contributed by atoms with Crippen molar-refractivity contribution < 1.29 is 0 Å². The Kier molecular flexibility index (Phi) is 5.48. The molecule has 0 bridgehead atoms. The SMILES string of the molecule is C=C1CCC(CCc2cc(CC3CCC3)ccc2C(C)C)C(=C)N1. The van der Waals surface area contributed by atoms with E-state index < -0.39 is 0 Å². The molecular formula is C23H33N. The molecule has 130 valence electrons. The second kappa shape index (κ2) is 7.59. The number of nitrogens with one attached hydrogen (secondary N) is 1. The Bertz CT molecular complexity index is 606. The van der Waals surface area contributed by atoms with Crippen LogP contribution in [0.5, 0.6) is 0 Å². The van der Waals surface area contributed by atoms with Crippen molar-refractivity contribution in [2.24, 2.45) is 11.8 Å². The Hall–Kier alpha value is -1.50. The van der Waals surface area contributed by atoms with Gasteiger partial charge in [-0.3, -0.25) is 0 Å². The van der Waals surface area contributed by atoms with Crippen molar-refractivity contribution in [1.29, 1.82) is 0 Å². The standard InChI is InChI=1S/C23H33N/c1-16(2)23-13-9-20(14-19-6-5-7-19)15-22(23)12-11-21-10-8-17(3)24-18(21)4/h9,13,15-16,19,21,24H,3-8,10-12,14H2,1-2H3. The second-order valence-corrected chi connectivity index (χ2v) is 8.22. The van der Waals surface area contributed by atoms with Crippen LogP contribution in [0.1, 0.15) is 75.0 Å². The summed E-state index contributed by atoms with van der Waals surface area (Å²) in [7, 11) is 0. The fourth-order valence-corrected chi connectivity index (χ4v) is 4.16. The average molecular weight is 324 g/mol. The second-order valence-electron chi connectivity index (χ2n) is 8.22. The molecule has 3 rings (SSSR count). The molecule has 0 amide bonds. The lowest BCUT2D eigenvalue weighted by atomic mass is 9.80. The summed E-state index contributed by atoms with van der Waals surface area (Å²) in [5, 5.41) is 3.37. The molecule has 2 aliphatic rings. The summed E-state index contributed by atoms with van der Waals surface area (Å²) in [6.07, 6.45) is 10.2. The third-order valence-corrected chi connectivity index (χ3v) is 5.97. The van der Waals surface area contributed by atoms with E-state index in [1.54, 1.807) is 11.1 Å². The highest BCUT2D eigenvalue weighted by molar-refractivity contribution is 5.35. The van der Waals surface area contributed by atoms with Gasteiger partial charge in [0, 0.05) is 11.4 Å².